The fraction of sp³-hybridized carbons (Fsp3) is 0.439. The van der Waals surface area contributed by atoms with Gasteiger partial charge in [0.2, 0.25) is 11.8 Å². The number of nitrogens with one attached hydrogen (secondary N) is 3. The Bertz CT molecular complexity index is 2030. The van der Waals surface area contributed by atoms with Crippen molar-refractivity contribution in [3.8, 4) is 0 Å². The van der Waals surface area contributed by atoms with Gasteiger partial charge >= 0.3 is 0 Å². The third kappa shape index (κ3) is 10.3. The number of hydrogen-bond acceptors (Lipinski definition) is 9. The number of carbonyl (C=O) groups is 3. The molecule has 0 spiro atoms. The molecule has 4 aromatic rings. The minimum absolute atomic E-state index is 0.0183. The summed E-state index contributed by atoms with van der Waals surface area (Å²) in [6.07, 6.45) is 2.21. The van der Waals surface area contributed by atoms with Crippen LogP contribution < -0.4 is 16.0 Å². The molecule has 2 aromatic heterocycles. The van der Waals surface area contributed by atoms with Crippen molar-refractivity contribution in [2.75, 3.05) is 13.1 Å². The molecule has 4 N–H and O–H groups in total. The first-order chi connectivity index (χ1) is 25.4. The quantitative estimate of drug-likeness (QED) is 0.166. The van der Waals surface area contributed by atoms with Gasteiger partial charge in [-0.15, -0.1) is 0 Å². The van der Waals surface area contributed by atoms with Crippen molar-refractivity contribution >= 4 is 38.5 Å². The van der Waals surface area contributed by atoms with Gasteiger partial charge in [0.15, 0.2) is 9.84 Å². The van der Waals surface area contributed by atoms with Gasteiger partial charge in [0.1, 0.15) is 11.7 Å². The van der Waals surface area contributed by atoms with E-state index in [0.717, 1.165) is 10.9 Å². The van der Waals surface area contributed by atoms with E-state index in [4.69, 9.17) is 0 Å². The molecule has 1 aliphatic rings. The Morgan fingerprint density at radius 3 is 2.22 bits per heavy atom. The van der Waals surface area contributed by atoms with Crippen molar-refractivity contribution < 1.29 is 27.9 Å². The van der Waals surface area contributed by atoms with E-state index < -0.39 is 62.1 Å². The average Bonchev–Trinajstić information content (AvgIpc) is 3.12. The Morgan fingerprint density at radius 2 is 1.56 bits per heavy atom. The summed E-state index contributed by atoms with van der Waals surface area (Å²) in [7, 11) is -3.77. The number of aromatic nitrogens is 2. The molecule has 5 atom stereocenters. The second-order valence-corrected chi connectivity index (χ2v) is 18.4. The lowest BCUT2D eigenvalue weighted by Crippen LogP contribution is -2.61. The van der Waals surface area contributed by atoms with E-state index in [9.17, 15) is 27.9 Å². The SMILES string of the molecule is CC(C)(C)NC(=O)C1C[C@H](S(=O)(=O)c2ccncc2)CCN1C[C@@H](O)[C@H](Cc1ccccc1)NC(=O)C(NC(=O)c1ccc2ccccc2n1)C(C)(C)C. The summed E-state index contributed by atoms with van der Waals surface area (Å²) in [6, 6.07) is 20.5. The number of amides is 3. The number of β-amino-alcohol motifs (C(OH)–C–C–N with tert-alkyl or cyclic N) is 1. The summed E-state index contributed by atoms with van der Waals surface area (Å²) < 4.78 is 27.3. The summed E-state index contributed by atoms with van der Waals surface area (Å²) in [5.41, 5.74) is 0.378. The third-order valence-corrected chi connectivity index (χ3v) is 11.9. The topological polar surface area (TPSA) is 171 Å². The number of pyridine rings is 2. The molecule has 288 valence electrons. The van der Waals surface area contributed by atoms with E-state index in [2.05, 4.69) is 25.9 Å². The molecule has 3 amide bonds. The van der Waals surface area contributed by atoms with Crippen molar-refractivity contribution in [3.63, 3.8) is 0 Å². The fourth-order valence-electron chi connectivity index (χ4n) is 6.79. The number of nitrogens with zero attached hydrogens (tertiary/aromatic N) is 3. The lowest BCUT2D eigenvalue weighted by molar-refractivity contribution is -0.131. The fourth-order valence-corrected chi connectivity index (χ4v) is 8.52. The monoisotopic (exact) mass is 756 g/mol. The number of benzene rings is 2. The molecule has 1 fully saturated rings. The van der Waals surface area contributed by atoms with Gasteiger partial charge in [-0.05, 0) is 75.3 Å². The zero-order valence-corrected chi connectivity index (χ0v) is 32.6. The third-order valence-electron chi connectivity index (χ3n) is 9.63. The van der Waals surface area contributed by atoms with Gasteiger partial charge in [-0.25, -0.2) is 13.4 Å². The first-order valence-electron chi connectivity index (χ1n) is 18.3. The molecule has 2 aromatic carbocycles. The Kier molecular flexibility index (Phi) is 12.5. The second kappa shape index (κ2) is 16.7. The van der Waals surface area contributed by atoms with Crippen LogP contribution in [0.5, 0.6) is 0 Å². The highest BCUT2D eigenvalue weighted by molar-refractivity contribution is 7.92. The molecule has 12 nitrogen and oxygen atoms in total. The van der Waals surface area contributed by atoms with Crippen LogP contribution in [0.3, 0.4) is 0 Å². The summed E-state index contributed by atoms with van der Waals surface area (Å²) >= 11 is 0. The lowest BCUT2D eigenvalue weighted by Gasteiger charge is -2.41. The smallest absolute Gasteiger partial charge is 0.270 e. The van der Waals surface area contributed by atoms with Crippen molar-refractivity contribution in [2.45, 2.75) is 101 Å². The molecule has 13 heteroatoms. The highest BCUT2D eigenvalue weighted by atomic mass is 32.2. The predicted octanol–water partition coefficient (Wildman–Crippen LogP) is 4.08. The van der Waals surface area contributed by atoms with Crippen LogP contribution >= 0.6 is 0 Å². The summed E-state index contributed by atoms with van der Waals surface area (Å²) in [5.74, 6) is -1.33. The van der Waals surface area contributed by atoms with Crippen molar-refractivity contribution in [1.29, 1.82) is 0 Å². The first kappa shape index (κ1) is 40.5. The number of aliphatic hydroxyl groups is 1. The van der Waals surface area contributed by atoms with Gasteiger partial charge in [0.05, 0.1) is 33.8 Å². The number of hydrogen-bond donors (Lipinski definition) is 4. The molecule has 0 radical (unpaired) electrons. The highest BCUT2D eigenvalue weighted by Crippen LogP contribution is 2.29. The molecule has 3 heterocycles. The van der Waals surface area contributed by atoms with E-state index in [-0.39, 0.29) is 48.8 Å². The van der Waals surface area contributed by atoms with E-state index >= 15 is 0 Å². The number of fused-ring (bicyclic) bond motifs is 1. The first-order valence-corrected chi connectivity index (χ1v) is 19.9. The standard InChI is InChI=1S/C41H52N6O6S/c1-40(2,3)36(45-37(49)32-17-16-28-14-10-11-15-31(28)43-32)39(51)44-33(24-27-12-8-7-9-13-27)35(48)26-47-23-20-30(25-34(47)38(50)46-41(4,5)6)54(52,53)29-18-21-42-22-19-29/h7-19,21-22,30,33-36,48H,20,23-26H2,1-6H3,(H,44,51)(H,45,49)(H,46,50)/t30-,33+,34?,35-,36?/m1/s1. The molecular formula is C41H52N6O6S. The normalized spacial score (nSPS) is 18.6. The average molecular weight is 757 g/mol. The lowest BCUT2D eigenvalue weighted by atomic mass is 9.85. The van der Waals surface area contributed by atoms with Crippen LogP contribution in [0.25, 0.3) is 10.9 Å². The van der Waals surface area contributed by atoms with Crippen molar-refractivity contribution in [1.82, 2.24) is 30.8 Å². The maximum Gasteiger partial charge on any atom is 0.270 e. The summed E-state index contributed by atoms with van der Waals surface area (Å²) in [5, 5.41) is 20.9. The number of para-hydroxylation sites is 1. The van der Waals surface area contributed by atoms with Crippen LogP contribution in [-0.4, -0.2) is 94.2 Å². The zero-order chi connectivity index (χ0) is 39.3. The Hall–Kier alpha value is -4.72. The predicted molar refractivity (Wildman–Crippen MR) is 208 cm³/mol. The van der Waals surface area contributed by atoms with Gasteiger partial charge < -0.3 is 21.1 Å². The molecule has 1 saturated heterocycles. The van der Waals surface area contributed by atoms with E-state index in [1.807, 2.05) is 107 Å². The molecule has 5 rings (SSSR count). The number of sulfone groups is 1. The van der Waals surface area contributed by atoms with Gasteiger partial charge in [-0.2, -0.15) is 0 Å². The van der Waals surface area contributed by atoms with E-state index in [0.29, 0.717) is 5.52 Å². The molecule has 1 aliphatic heterocycles. The van der Waals surface area contributed by atoms with Crippen LogP contribution in [0.1, 0.15) is 70.4 Å². The largest absolute Gasteiger partial charge is 0.390 e. The Labute approximate surface area is 318 Å². The van der Waals surface area contributed by atoms with Gasteiger partial charge in [-0.3, -0.25) is 24.3 Å². The molecule has 0 saturated carbocycles. The zero-order valence-electron chi connectivity index (χ0n) is 31.8. The summed E-state index contributed by atoms with van der Waals surface area (Å²) in [4.78, 5) is 51.9. The molecule has 0 bridgehead atoms. The highest BCUT2D eigenvalue weighted by Gasteiger charge is 2.42. The minimum atomic E-state index is -3.77. The van der Waals surface area contributed by atoms with Crippen molar-refractivity contribution in [3.05, 3.63) is 103 Å². The molecule has 0 aliphatic carbocycles. The van der Waals surface area contributed by atoms with Crippen LogP contribution in [-0.2, 0) is 25.8 Å². The van der Waals surface area contributed by atoms with Crippen molar-refractivity contribution in [2.24, 2.45) is 5.41 Å². The summed E-state index contributed by atoms with van der Waals surface area (Å²) in [6.45, 7) is 11.3. The van der Waals surface area contributed by atoms with Crippen LogP contribution in [0, 0.1) is 5.41 Å². The van der Waals surface area contributed by atoms with Gasteiger partial charge in [0, 0.05) is 36.4 Å². The maximum atomic E-state index is 14.2. The molecule has 2 unspecified atom stereocenters. The van der Waals surface area contributed by atoms with Gasteiger partial charge in [-0.1, -0.05) is 75.4 Å². The number of likely N-dealkylation sites (tertiary alicyclic amines) is 1. The van der Waals surface area contributed by atoms with E-state index in [1.54, 1.807) is 6.07 Å². The molecule has 54 heavy (non-hydrogen) atoms. The second-order valence-electron chi connectivity index (χ2n) is 16.2. The minimum Gasteiger partial charge on any atom is -0.390 e. The van der Waals surface area contributed by atoms with E-state index in [1.165, 1.54) is 24.5 Å². The Balaban J connectivity index is 1.38. The van der Waals surface area contributed by atoms with Crippen LogP contribution in [0.2, 0.25) is 0 Å². The number of aliphatic hydroxyl groups excluding tert-OH is 1. The van der Waals surface area contributed by atoms with Crippen LogP contribution in [0.15, 0.2) is 96.2 Å². The van der Waals surface area contributed by atoms with Gasteiger partial charge in [0.25, 0.3) is 5.91 Å². The Morgan fingerprint density at radius 1 is 0.889 bits per heavy atom. The number of rotatable bonds is 12. The maximum absolute atomic E-state index is 14.2. The number of carbonyl (C=O) groups excluding carboxylic acids is 3. The van der Waals surface area contributed by atoms with Crippen LogP contribution in [0.4, 0.5) is 0 Å². The molecular weight excluding hydrogens is 705 g/mol. The number of piperidine rings is 1.